The summed E-state index contributed by atoms with van der Waals surface area (Å²) in [5.41, 5.74) is 0. The predicted molar refractivity (Wildman–Crippen MR) is 70.6 cm³/mol. The molecule has 1 aromatic heterocycles. The summed E-state index contributed by atoms with van der Waals surface area (Å²) in [6, 6.07) is 5.15. The first-order chi connectivity index (χ1) is 7.34. The molecule has 2 heterocycles. The molecule has 0 radical (unpaired) electrons. The van der Waals surface area contributed by atoms with Crippen molar-refractivity contribution >= 4 is 27.3 Å². The quantitative estimate of drug-likeness (QED) is 0.887. The molecular formula is C12H18BrNS. The van der Waals surface area contributed by atoms with Crippen LogP contribution >= 0.6 is 27.3 Å². The van der Waals surface area contributed by atoms with Crippen LogP contribution in [-0.4, -0.2) is 12.6 Å². The number of hydrogen-bond donors (Lipinski definition) is 1. The Morgan fingerprint density at radius 3 is 3.07 bits per heavy atom. The van der Waals surface area contributed by atoms with Gasteiger partial charge in [-0.25, -0.2) is 0 Å². The Bertz CT molecular complexity index is 290. The summed E-state index contributed by atoms with van der Waals surface area (Å²) in [5, 5.41) is 3.65. The van der Waals surface area contributed by atoms with Gasteiger partial charge in [-0.2, -0.15) is 0 Å². The fourth-order valence-electron chi connectivity index (χ4n) is 2.15. The van der Waals surface area contributed by atoms with E-state index < -0.39 is 0 Å². The van der Waals surface area contributed by atoms with Crippen molar-refractivity contribution < 1.29 is 0 Å². The lowest BCUT2D eigenvalue weighted by Gasteiger charge is -2.14. The predicted octanol–water partition coefficient (Wildman–Crippen LogP) is 3.98. The molecule has 1 saturated heterocycles. The number of rotatable bonds is 3. The van der Waals surface area contributed by atoms with E-state index in [-0.39, 0.29) is 0 Å². The van der Waals surface area contributed by atoms with E-state index in [9.17, 15) is 0 Å². The maximum atomic E-state index is 3.65. The topological polar surface area (TPSA) is 12.0 Å². The SMILES string of the molecule is Brc1ccc(CCC2CCCCCN2)s1. The maximum Gasteiger partial charge on any atom is 0.0701 e. The molecule has 3 heteroatoms. The minimum absolute atomic E-state index is 0.758. The van der Waals surface area contributed by atoms with Crippen LogP contribution in [0.1, 0.15) is 37.0 Å². The molecule has 1 aliphatic heterocycles. The van der Waals surface area contributed by atoms with Crippen LogP contribution in [0.25, 0.3) is 0 Å². The lowest BCUT2D eigenvalue weighted by molar-refractivity contribution is 0.479. The van der Waals surface area contributed by atoms with E-state index in [0.717, 1.165) is 6.04 Å². The molecule has 0 spiro atoms. The lowest BCUT2D eigenvalue weighted by atomic mass is 10.1. The molecule has 1 atom stereocenters. The summed E-state index contributed by atoms with van der Waals surface area (Å²) < 4.78 is 1.26. The number of nitrogens with one attached hydrogen (secondary N) is 1. The first kappa shape index (κ1) is 11.6. The van der Waals surface area contributed by atoms with Gasteiger partial charge in [-0.15, -0.1) is 11.3 Å². The van der Waals surface area contributed by atoms with E-state index in [2.05, 4.69) is 33.4 Å². The third kappa shape index (κ3) is 3.89. The Labute approximate surface area is 104 Å². The second-order valence-corrected chi connectivity index (χ2v) is 6.79. The molecule has 1 aliphatic rings. The first-order valence-corrected chi connectivity index (χ1v) is 7.43. The van der Waals surface area contributed by atoms with Crippen LogP contribution in [0.4, 0.5) is 0 Å². The van der Waals surface area contributed by atoms with Crippen molar-refractivity contribution in [1.29, 1.82) is 0 Å². The van der Waals surface area contributed by atoms with Crippen LogP contribution < -0.4 is 5.32 Å². The van der Waals surface area contributed by atoms with Crippen molar-refractivity contribution in [3.63, 3.8) is 0 Å². The molecule has 15 heavy (non-hydrogen) atoms. The largest absolute Gasteiger partial charge is 0.314 e. The van der Waals surface area contributed by atoms with Crippen molar-refractivity contribution in [2.45, 2.75) is 44.6 Å². The van der Waals surface area contributed by atoms with E-state index in [1.165, 1.54) is 53.7 Å². The van der Waals surface area contributed by atoms with Gasteiger partial charge < -0.3 is 5.32 Å². The average Bonchev–Trinajstić information content (AvgIpc) is 2.52. The Kier molecular flexibility index (Phi) is 4.66. The van der Waals surface area contributed by atoms with Gasteiger partial charge in [-0.1, -0.05) is 12.8 Å². The molecule has 1 fully saturated rings. The molecule has 1 unspecified atom stereocenters. The van der Waals surface area contributed by atoms with E-state index in [4.69, 9.17) is 0 Å². The van der Waals surface area contributed by atoms with Crippen LogP contribution in [0.15, 0.2) is 15.9 Å². The fourth-order valence-corrected chi connectivity index (χ4v) is 3.65. The zero-order valence-electron chi connectivity index (χ0n) is 8.97. The molecule has 0 amide bonds. The van der Waals surface area contributed by atoms with Gasteiger partial charge in [0.15, 0.2) is 0 Å². The second kappa shape index (κ2) is 6.02. The minimum atomic E-state index is 0.758. The highest BCUT2D eigenvalue weighted by Gasteiger charge is 2.11. The number of aryl methyl sites for hydroxylation is 1. The number of halogens is 1. The molecule has 0 aliphatic carbocycles. The van der Waals surface area contributed by atoms with Gasteiger partial charge >= 0.3 is 0 Å². The minimum Gasteiger partial charge on any atom is -0.314 e. The van der Waals surface area contributed by atoms with E-state index in [1.54, 1.807) is 0 Å². The second-order valence-electron chi connectivity index (χ2n) is 4.24. The Morgan fingerprint density at radius 1 is 1.33 bits per heavy atom. The first-order valence-electron chi connectivity index (χ1n) is 5.82. The Morgan fingerprint density at radius 2 is 2.27 bits per heavy atom. The van der Waals surface area contributed by atoms with Gasteiger partial charge in [0.05, 0.1) is 3.79 Å². The average molecular weight is 288 g/mol. The number of hydrogen-bond acceptors (Lipinski definition) is 2. The smallest absolute Gasteiger partial charge is 0.0701 e. The van der Waals surface area contributed by atoms with Crippen LogP contribution in [0.5, 0.6) is 0 Å². The zero-order valence-corrected chi connectivity index (χ0v) is 11.4. The van der Waals surface area contributed by atoms with Crippen molar-refractivity contribution in [1.82, 2.24) is 5.32 Å². The molecule has 0 aromatic carbocycles. The third-order valence-electron chi connectivity index (χ3n) is 3.03. The summed E-state index contributed by atoms with van der Waals surface area (Å²) >= 11 is 5.38. The van der Waals surface area contributed by atoms with Gasteiger partial charge in [0.2, 0.25) is 0 Å². The van der Waals surface area contributed by atoms with Gasteiger partial charge in [0.1, 0.15) is 0 Å². The standard InChI is InChI=1S/C12H18BrNS/c13-12-8-7-11(15-12)6-5-10-4-2-1-3-9-14-10/h7-8,10,14H,1-6,9H2. The van der Waals surface area contributed by atoms with Crippen molar-refractivity contribution in [2.24, 2.45) is 0 Å². The molecule has 1 N–H and O–H groups in total. The molecule has 1 aromatic rings. The number of thiophene rings is 1. The van der Waals surface area contributed by atoms with Crippen molar-refractivity contribution in [3.05, 3.63) is 20.8 Å². The normalized spacial score (nSPS) is 22.6. The maximum absolute atomic E-state index is 3.65. The summed E-state index contributed by atoms with van der Waals surface area (Å²) in [7, 11) is 0. The summed E-state index contributed by atoms with van der Waals surface area (Å²) in [6.07, 6.45) is 8.08. The molecule has 84 valence electrons. The summed E-state index contributed by atoms with van der Waals surface area (Å²) in [6.45, 7) is 1.22. The van der Waals surface area contributed by atoms with E-state index in [1.807, 2.05) is 11.3 Å². The highest BCUT2D eigenvalue weighted by Crippen LogP contribution is 2.24. The van der Waals surface area contributed by atoms with Crippen LogP contribution in [0.3, 0.4) is 0 Å². The van der Waals surface area contributed by atoms with E-state index >= 15 is 0 Å². The lowest BCUT2D eigenvalue weighted by Crippen LogP contribution is -2.28. The Hall–Kier alpha value is 0.140. The highest BCUT2D eigenvalue weighted by molar-refractivity contribution is 9.11. The van der Waals surface area contributed by atoms with E-state index in [0.29, 0.717) is 0 Å². The van der Waals surface area contributed by atoms with Gasteiger partial charge in [0, 0.05) is 10.9 Å². The zero-order chi connectivity index (χ0) is 10.5. The van der Waals surface area contributed by atoms with Gasteiger partial charge in [-0.05, 0) is 60.3 Å². The van der Waals surface area contributed by atoms with Gasteiger partial charge in [0.25, 0.3) is 0 Å². The summed E-state index contributed by atoms with van der Waals surface area (Å²) in [4.78, 5) is 1.51. The molecule has 0 saturated carbocycles. The van der Waals surface area contributed by atoms with Crippen molar-refractivity contribution in [2.75, 3.05) is 6.54 Å². The van der Waals surface area contributed by atoms with Crippen LogP contribution in [0.2, 0.25) is 0 Å². The molecular weight excluding hydrogens is 270 g/mol. The van der Waals surface area contributed by atoms with Gasteiger partial charge in [-0.3, -0.25) is 0 Å². The molecule has 0 bridgehead atoms. The van der Waals surface area contributed by atoms with Crippen LogP contribution in [-0.2, 0) is 6.42 Å². The van der Waals surface area contributed by atoms with Crippen molar-refractivity contribution in [3.8, 4) is 0 Å². The monoisotopic (exact) mass is 287 g/mol. The Balaban J connectivity index is 1.76. The fraction of sp³-hybridized carbons (Fsp3) is 0.667. The molecule has 2 rings (SSSR count). The van der Waals surface area contributed by atoms with Crippen LogP contribution in [0, 0.1) is 0 Å². The third-order valence-corrected chi connectivity index (χ3v) is 4.71. The highest BCUT2D eigenvalue weighted by atomic mass is 79.9. The molecule has 1 nitrogen and oxygen atoms in total. The summed E-state index contributed by atoms with van der Waals surface area (Å²) in [5.74, 6) is 0.